The van der Waals surface area contributed by atoms with Gasteiger partial charge < -0.3 is 18.9 Å². The lowest BCUT2D eigenvalue weighted by molar-refractivity contribution is -0.118. The average Bonchev–Trinajstić information content (AvgIpc) is 3.44. The van der Waals surface area contributed by atoms with Gasteiger partial charge in [-0.2, -0.15) is 0 Å². The topological polar surface area (TPSA) is 77.9 Å². The van der Waals surface area contributed by atoms with Crippen molar-refractivity contribution in [1.82, 2.24) is 24.6 Å². The monoisotopic (exact) mass is 395 g/mol. The molecule has 0 unspecified atom stereocenters. The third-order valence-electron chi connectivity index (χ3n) is 4.58. The van der Waals surface area contributed by atoms with Crippen LogP contribution in [0.2, 0.25) is 0 Å². The van der Waals surface area contributed by atoms with Gasteiger partial charge in [-0.3, -0.25) is 4.79 Å². The SMILES string of the molecule is CCn1cc(-c2nnc(SCC(=O)NCc3ccco3)n2C)c2ccccc21. The Morgan fingerprint density at radius 1 is 1.21 bits per heavy atom. The number of benzene rings is 1. The molecule has 0 saturated carbocycles. The van der Waals surface area contributed by atoms with Crippen molar-refractivity contribution in [1.29, 1.82) is 0 Å². The number of nitrogens with zero attached hydrogens (tertiary/aromatic N) is 4. The highest BCUT2D eigenvalue weighted by Crippen LogP contribution is 2.31. The van der Waals surface area contributed by atoms with Gasteiger partial charge in [0.05, 0.1) is 18.6 Å². The molecule has 3 aromatic heterocycles. The number of aromatic nitrogens is 4. The molecule has 1 N–H and O–H groups in total. The van der Waals surface area contributed by atoms with Gasteiger partial charge in [-0.15, -0.1) is 10.2 Å². The molecule has 4 rings (SSSR count). The number of furan rings is 1. The molecular formula is C20H21N5O2S. The molecule has 0 spiro atoms. The molecule has 1 amide bonds. The van der Waals surface area contributed by atoms with Crippen LogP contribution in [0.5, 0.6) is 0 Å². The molecule has 1 aromatic carbocycles. The van der Waals surface area contributed by atoms with Crippen molar-refractivity contribution in [2.24, 2.45) is 7.05 Å². The van der Waals surface area contributed by atoms with Crippen LogP contribution in [0, 0.1) is 0 Å². The molecule has 0 aliphatic heterocycles. The summed E-state index contributed by atoms with van der Waals surface area (Å²) in [6, 6.07) is 11.9. The summed E-state index contributed by atoms with van der Waals surface area (Å²) >= 11 is 1.37. The van der Waals surface area contributed by atoms with Crippen molar-refractivity contribution in [2.75, 3.05) is 5.75 Å². The van der Waals surface area contributed by atoms with Gasteiger partial charge in [0.25, 0.3) is 0 Å². The minimum absolute atomic E-state index is 0.0754. The predicted molar refractivity (Wildman–Crippen MR) is 109 cm³/mol. The van der Waals surface area contributed by atoms with E-state index in [-0.39, 0.29) is 11.7 Å². The standard InChI is InChI=1S/C20H21N5O2S/c1-3-25-12-16(15-8-4-5-9-17(15)25)19-22-23-20(24(19)2)28-13-18(26)21-11-14-7-6-10-27-14/h4-10,12H,3,11,13H2,1-2H3,(H,21,26). The lowest BCUT2D eigenvalue weighted by atomic mass is 10.1. The normalized spacial score (nSPS) is 11.2. The molecule has 0 saturated heterocycles. The van der Waals surface area contributed by atoms with Gasteiger partial charge in [-0.25, -0.2) is 0 Å². The molecule has 3 heterocycles. The number of para-hydroxylation sites is 1. The van der Waals surface area contributed by atoms with Gasteiger partial charge in [-0.1, -0.05) is 30.0 Å². The maximum Gasteiger partial charge on any atom is 0.230 e. The van der Waals surface area contributed by atoms with Crippen LogP contribution in [-0.2, 0) is 24.9 Å². The summed E-state index contributed by atoms with van der Waals surface area (Å²) in [5.74, 6) is 1.71. The molecule has 28 heavy (non-hydrogen) atoms. The molecule has 0 radical (unpaired) electrons. The van der Waals surface area contributed by atoms with Crippen molar-refractivity contribution >= 4 is 28.6 Å². The molecule has 0 fully saturated rings. The lowest BCUT2D eigenvalue weighted by Crippen LogP contribution is -2.24. The first-order valence-corrected chi connectivity index (χ1v) is 10.1. The van der Waals surface area contributed by atoms with Crippen LogP contribution < -0.4 is 5.32 Å². The van der Waals surface area contributed by atoms with E-state index in [2.05, 4.69) is 45.3 Å². The minimum atomic E-state index is -0.0754. The van der Waals surface area contributed by atoms with Crippen molar-refractivity contribution in [3.63, 3.8) is 0 Å². The van der Waals surface area contributed by atoms with Crippen molar-refractivity contribution in [3.8, 4) is 11.4 Å². The third kappa shape index (κ3) is 3.55. The Labute approximate surface area is 166 Å². The summed E-state index contributed by atoms with van der Waals surface area (Å²) in [7, 11) is 1.93. The Hall–Kier alpha value is -3.00. The molecular weight excluding hydrogens is 374 g/mol. The van der Waals surface area contributed by atoms with Crippen molar-refractivity contribution < 1.29 is 9.21 Å². The van der Waals surface area contributed by atoms with E-state index in [1.54, 1.807) is 12.3 Å². The largest absolute Gasteiger partial charge is 0.467 e. The smallest absolute Gasteiger partial charge is 0.230 e. The molecule has 0 bridgehead atoms. The zero-order valence-corrected chi connectivity index (χ0v) is 16.6. The number of carbonyl (C=O) groups is 1. The van der Waals surface area contributed by atoms with Crippen molar-refractivity contribution in [2.45, 2.75) is 25.2 Å². The number of thioether (sulfide) groups is 1. The number of rotatable bonds is 7. The Balaban J connectivity index is 1.48. The van der Waals surface area contributed by atoms with Crippen LogP contribution >= 0.6 is 11.8 Å². The van der Waals surface area contributed by atoms with Gasteiger partial charge >= 0.3 is 0 Å². The summed E-state index contributed by atoms with van der Waals surface area (Å²) in [4.78, 5) is 12.1. The molecule has 8 heteroatoms. The highest BCUT2D eigenvalue weighted by atomic mass is 32.2. The van der Waals surface area contributed by atoms with E-state index in [4.69, 9.17) is 4.42 Å². The number of fused-ring (bicyclic) bond motifs is 1. The highest BCUT2D eigenvalue weighted by molar-refractivity contribution is 7.99. The average molecular weight is 395 g/mol. The molecule has 7 nitrogen and oxygen atoms in total. The molecule has 0 aliphatic rings. The summed E-state index contributed by atoms with van der Waals surface area (Å²) in [5, 5.41) is 13.3. The summed E-state index contributed by atoms with van der Waals surface area (Å²) in [5.41, 5.74) is 2.22. The first-order chi connectivity index (χ1) is 13.7. The van der Waals surface area contributed by atoms with E-state index in [9.17, 15) is 4.79 Å². The molecule has 0 aliphatic carbocycles. The Kier molecular flexibility index (Phi) is 5.21. The van der Waals surface area contributed by atoms with Crippen LogP contribution in [0.3, 0.4) is 0 Å². The van der Waals surface area contributed by atoms with Gasteiger partial charge in [0, 0.05) is 36.3 Å². The quantitative estimate of drug-likeness (QED) is 0.485. The van der Waals surface area contributed by atoms with Crippen molar-refractivity contribution in [3.05, 3.63) is 54.6 Å². The number of hydrogen-bond acceptors (Lipinski definition) is 5. The fourth-order valence-electron chi connectivity index (χ4n) is 3.14. The Morgan fingerprint density at radius 3 is 2.86 bits per heavy atom. The second-order valence-corrected chi connectivity index (χ2v) is 7.30. The maximum atomic E-state index is 12.1. The summed E-state index contributed by atoms with van der Waals surface area (Å²) < 4.78 is 9.35. The van der Waals surface area contributed by atoms with Gasteiger partial charge in [0.2, 0.25) is 5.91 Å². The van der Waals surface area contributed by atoms with Crippen LogP contribution in [0.25, 0.3) is 22.3 Å². The Morgan fingerprint density at radius 2 is 2.07 bits per heavy atom. The Bertz CT molecular complexity index is 1100. The zero-order valence-electron chi connectivity index (χ0n) is 15.8. The number of nitrogens with one attached hydrogen (secondary N) is 1. The maximum absolute atomic E-state index is 12.1. The lowest BCUT2D eigenvalue weighted by Gasteiger charge is -2.04. The highest BCUT2D eigenvalue weighted by Gasteiger charge is 2.17. The zero-order chi connectivity index (χ0) is 19.5. The summed E-state index contributed by atoms with van der Waals surface area (Å²) in [6.45, 7) is 3.39. The summed E-state index contributed by atoms with van der Waals surface area (Å²) in [6.07, 6.45) is 3.70. The number of amides is 1. The first-order valence-electron chi connectivity index (χ1n) is 9.07. The van der Waals surface area contributed by atoms with Gasteiger partial charge in [-0.05, 0) is 25.1 Å². The van der Waals surface area contributed by atoms with E-state index in [1.807, 2.05) is 29.8 Å². The number of carbonyl (C=O) groups excluding carboxylic acids is 1. The van der Waals surface area contributed by atoms with E-state index < -0.39 is 0 Å². The second-order valence-electron chi connectivity index (χ2n) is 6.36. The first kappa shape index (κ1) is 18.4. The second kappa shape index (κ2) is 7.93. The fraction of sp³-hybridized carbons (Fsp3) is 0.250. The minimum Gasteiger partial charge on any atom is -0.467 e. The van der Waals surface area contributed by atoms with E-state index in [1.165, 1.54) is 17.3 Å². The van der Waals surface area contributed by atoms with Crippen LogP contribution in [-0.4, -0.2) is 31.0 Å². The third-order valence-corrected chi connectivity index (χ3v) is 5.60. The van der Waals surface area contributed by atoms with Crippen LogP contribution in [0.15, 0.2) is 58.4 Å². The van der Waals surface area contributed by atoms with Crippen LogP contribution in [0.4, 0.5) is 0 Å². The number of hydrogen-bond donors (Lipinski definition) is 1. The van der Waals surface area contributed by atoms with Gasteiger partial charge in [0.15, 0.2) is 11.0 Å². The van der Waals surface area contributed by atoms with E-state index in [0.717, 1.165) is 29.1 Å². The fourth-order valence-corrected chi connectivity index (χ4v) is 3.88. The number of aryl methyl sites for hydroxylation is 1. The van der Waals surface area contributed by atoms with E-state index in [0.29, 0.717) is 11.7 Å². The predicted octanol–water partition coefficient (Wildman–Crippen LogP) is 3.46. The van der Waals surface area contributed by atoms with E-state index >= 15 is 0 Å². The molecule has 0 atom stereocenters. The molecule has 144 valence electrons. The molecule has 4 aromatic rings. The van der Waals surface area contributed by atoms with Crippen LogP contribution in [0.1, 0.15) is 12.7 Å². The van der Waals surface area contributed by atoms with Gasteiger partial charge in [0.1, 0.15) is 5.76 Å².